The van der Waals surface area contributed by atoms with E-state index in [1.165, 1.54) is 6.42 Å². The second-order valence-corrected chi connectivity index (χ2v) is 5.17. The number of carbonyl (C=O) groups excluding carboxylic acids is 2. The Morgan fingerprint density at radius 2 is 2.04 bits per heavy atom. The number of rotatable bonds is 6. The number of nitrogens with zero attached hydrogens (tertiary/aromatic N) is 1. The summed E-state index contributed by atoms with van der Waals surface area (Å²) in [5.74, 6) is -0.216. The smallest absolute Gasteiger partial charge is 0.248 e. The summed E-state index contributed by atoms with van der Waals surface area (Å²) in [5, 5.41) is 2.80. The number of carbonyl (C=O) groups is 2. The average molecular weight is 311 g/mol. The Morgan fingerprint density at radius 3 is 2.74 bits per heavy atom. The number of aryl methyl sites for hydroxylation is 1. The molecule has 2 amide bonds. The van der Waals surface area contributed by atoms with Gasteiger partial charge in [-0.2, -0.15) is 0 Å². The number of primary amides is 1. The van der Waals surface area contributed by atoms with Gasteiger partial charge < -0.3 is 16.8 Å². The van der Waals surface area contributed by atoms with Crippen molar-refractivity contribution in [2.24, 2.45) is 5.73 Å². The van der Waals surface area contributed by atoms with E-state index < -0.39 is 5.91 Å². The van der Waals surface area contributed by atoms with E-state index in [2.05, 4.69) is 10.3 Å². The van der Waals surface area contributed by atoms with Crippen molar-refractivity contribution in [2.45, 2.75) is 19.9 Å². The Labute approximate surface area is 134 Å². The van der Waals surface area contributed by atoms with Crippen molar-refractivity contribution in [3.05, 3.63) is 65.2 Å². The van der Waals surface area contributed by atoms with Crippen LogP contribution in [0.15, 0.2) is 36.4 Å². The normalized spacial score (nSPS) is 10.3. The molecule has 0 bridgehead atoms. The predicted molar refractivity (Wildman–Crippen MR) is 88.2 cm³/mol. The average Bonchev–Trinajstić information content (AvgIpc) is 2.52. The molecular formula is C17H19N4O2. The van der Waals surface area contributed by atoms with E-state index in [0.717, 1.165) is 16.8 Å². The van der Waals surface area contributed by atoms with Crippen molar-refractivity contribution >= 4 is 17.6 Å². The Balaban J connectivity index is 1.85. The van der Waals surface area contributed by atoms with Crippen molar-refractivity contribution in [1.29, 1.82) is 0 Å². The van der Waals surface area contributed by atoms with Crippen molar-refractivity contribution < 1.29 is 9.59 Å². The molecule has 0 aliphatic rings. The second kappa shape index (κ2) is 7.40. The zero-order chi connectivity index (χ0) is 16.8. The molecular weight excluding hydrogens is 292 g/mol. The van der Waals surface area contributed by atoms with Gasteiger partial charge in [0.1, 0.15) is 5.82 Å². The summed E-state index contributed by atoms with van der Waals surface area (Å²) in [4.78, 5) is 27.2. The largest absolute Gasteiger partial charge is 0.384 e. The summed E-state index contributed by atoms with van der Waals surface area (Å²) in [5.41, 5.74) is 13.8. The standard InChI is InChI=1S/C17H19N4O2/c1-11-14(6-7-15(18)21-11)10-20-16(22)8-5-12-3-2-4-13(9-12)17(19)23/h2-4,6-9H,5,10H2,1H3,(H2,18,21)(H2,19,23)(H,20,22). The molecule has 5 N–H and O–H groups in total. The van der Waals surface area contributed by atoms with Crippen molar-refractivity contribution in [3.8, 4) is 0 Å². The van der Waals surface area contributed by atoms with Gasteiger partial charge in [0.05, 0.1) is 6.42 Å². The number of hydrogen-bond acceptors (Lipinski definition) is 4. The van der Waals surface area contributed by atoms with E-state index in [0.29, 0.717) is 24.3 Å². The molecule has 6 nitrogen and oxygen atoms in total. The first-order valence-corrected chi connectivity index (χ1v) is 7.17. The Bertz CT molecular complexity index is 728. The quantitative estimate of drug-likeness (QED) is 0.742. The van der Waals surface area contributed by atoms with Crippen LogP contribution in [0.4, 0.5) is 5.82 Å². The van der Waals surface area contributed by atoms with Crippen molar-refractivity contribution in [3.63, 3.8) is 0 Å². The van der Waals surface area contributed by atoms with E-state index in [9.17, 15) is 9.59 Å². The van der Waals surface area contributed by atoms with Gasteiger partial charge in [0.2, 0.25) is 11.8 Å². The molecule has 1 heterocycles. The molecule has 2 rings (SSSR count). The topological polar surface area (TPSA) is 111 Å². The highest BCUT2D eigenvalue weighted by Gasteiger charge is 2.07. The number of benzene rings is 1. The lowest BCUT2D eigenvalue weighted by Crippen LogP contribution is -2.24. The van der Waals surface area contributed by atoms with Crippen LogP contribution in [0.5, 0.6) is 0 Å². The number of nitrogen functional groups attached to an aromatic ring is 1. The summed E-state index contributed by atoms with van der Waals surface area (Å²) in [6, 6.07) is 10.4. The molecule has 0 saturated heterocycles. The van der Waals surface area contributed by atoms with Gasteiger partial charge in [-0.05, 0) is 42.7 Å². The summed E-state index contributed by atoms with van der Waals surface area (Å²) in [6.07, 6.45) is 1.95. The monoisotopic (exact) mass is 311 g/mol. The van der Waals surface area contributed by atoms with Gasteiger partial charge in [0.25, 0.3) is 0 Å². The van der Waals surface area contributed by atoms with Crippen molar-refractivity contribution in [1.82, 2.24) is 10.3 Å². The SMILES string of the molecule is Cc1nc(N)ccc1CNC(=O)[CH]Cc1cccc(C(N)=O)c1. The van der Waals surface area contributed by atoms with Crippen LogP contribution in [-0.2, 0) is 17.8 Å². The molecule has 6 heteroatoms. The fourth-order valence-corrected chi connectivity index (χ4v) is 2.11. The van der Waals surface area contributed by atoms with E-state index in [1.54, 1.807) is 24.3 Å². The lowest BCUT2D eigenvalue weighted by Gasteiger charge is -2.08. The van der Waals surface area contributed by atoms with Crippen LogP contribution >= 0.6 is 0 Å². The second-order valence-electron chi connectivity index (χ2n) is 5.17. The van der Waals surface area contributed by atoms with Crippen LogP contribution < -0.4 is 16.8 Å². The molecule has 2 aromatic rings. The molecule has 1 aromatic carbocycles. The molecule has 0 spiro atoms. The number of amides is 2. The summed E-state index contributed by atoms with van der Waals surface area (Å²) in [6.45, 7) is 2.23. The Kier molecular flexibility index (Phi) is 5.30. The number of aromatic nitrogens is 1. The summed E-state index contributed by atoms with van der Waals surface area (Å²) >= 11 is 0. The van der Waals surface area contributed by atoms with Crippen molar-refractivity contribution in [2.75, 3.05) is 5.73 Å². The predicted octanol–water partition coefficient (Wildman–Crippen LogP) is 1.13. The fraction of sp³-hybridized carbons (Fsp3) is 0.176. The van der Waals surface area contributed by atoms with E-state index in [4.69, 9.17) is 11.5 Å². The van der Waals surface area contributed by atoms with E-state index >= 15 is 0 Å². The summed E-state index contributed by atoms with van der Waals surface area (Å²) in [7, 11) is 0. The number of nitrogens with two attached hydrogens (primary N) is 2. The maximum Gasteiger partial charge on any atom is 0.248 e. The third kappa shape index (κ3) is 4.81. The van der Waals surface area contributed by atoms with Crippen LogP contribution in [0, 0.1) is 13.3 Å². The lowest BCUT2D eigenvalue weighted by molar-refractivity contribution is -0.118. The molecule has 0 aliphatic carbocycles. The zero-order valence-corrected chi connectivity index (χ0v) is 12.9. The first-order valence-electron chi connectivity index (χ1n) is 7.17. The number of pyridine rings is 1. The van der Waals surface area contributed by atoms with Gasteiger partial charge in [-0.1, -0.05) is 18.2 Å². The minimum atomic E-state index is -0.484. The molecule has 0 fully saturated rings. The highest BCUT2D eigenvalue weighted by molar-refractivity contribution is 5.93. The van der Waals surface area contributed by atoms with Crippen LogP contribution in [-0.4, -0.2) is 16.8 Å². The maximum absolute atomic E-state index is 11.9. The molecule has 23 heavy (non-hydrogen) atoms. The molecule has 0 aliphatic heterocycles. The maximum atomic E-state index is 11.9. The molecule has 0 unspecified atom stereocenters. The molecule has 1 aromatic heterocycles. The van der Waals surface area contributed by atoms with Gasteiger partial charge >= 0.3 is 0 Å². The molecule has 0 saturated carbocycles. The highest BCUT2D eigenvalue weighted by Crippen LogP contribution is 2.09. The van der Waals surface area contributed by atoms with Gasteiger partial charge in [-0.15, -0.1) is 0 Å². The van der Waals surface area contributed by atoms with Gasteiger partial charge in [-0.25, -0.2) is 4.98 Å². The zero-order valence-electron chi connectivity index (χ0n) is 12.9. The Hall–Kier alpha value is -2.89. The van der Waals surface area contributed by atoms with Crippen LogP contribution in [0.25, 0.3) is 0 Å². The van der Waals surface area contributed by atoms with Gasteiger partial charge in [0.15, 0.2) is 0 Å². The minimum Gasteiger partial charge on any atom is -0.384 e. The fourth-order valence-electron chi connectivity index (χ4n) is 2.11. The van der Waals surface area contributed by atoms with Gasteiger partial charge in [-0.3, -0.25) is 9.59 Å². The number of anilines is 1. The first kappa shape index (κ1) is 16.5. The molecule has 1 radical (unpaired) electrons. The Morgan fingerprint density at radius 1 is 1.26 bits per heavy atom. The third-order valence-electron chi connectivity index (χ3n) is 3.40. The summed E-state index contributed by atoms with van der Waals surface area (Å²) < 4.78 is 0. The molecule has 0 atom stereocenters. The van der Waals surface area contributed by atoms with Crippen LogP contribution in [0.2, 0.25) is 0 Å². The molecule has 119 valence electrons. The third-order valence-corrected chi connectivity index (χ3v) is 3.40. The minimum absolute atomic E-state index is 0.189. The highest BCUT2D eigenvalue weighted by atomic mass is 16.1. The van der Waals surface area contributed by atoms with Gasteiger partial charge in [0, 0.05) is 17.8 Å². The van der Waals surface area contributed by atoms with Crippen LogP contribution in [0.3, 0.4) is 0 Å². The lowest BCUT2D eigenvalue weighted by atomic mass is 10.1. The van der Waals surface area contributed by atoms with E-state index in [1.807, 2.05) is 19.1 Å². The van der Waals surface area contributed by atoms with E-state index in [-0.39, 0.29) is 5.91 Å². The van der Waals surface area contributed by atoms with Crippen LogP contribution in [0.1, 0.15) is 27.2 Å². The number of hydrogen-bond donors (Lipinski definition) is 3. The number of nitrogens with one attached hydrogen (secondary N) is 1. The first-order chi connectivity index (χ1) is 11.0.